The zero-order valence-electron chi connectivity index (χ0n) is 12.0. The summed E-state index contributed by atoms with van der Waals surface area (Å²) in [6, 6.07) is 9.86. The monoisotopic (exact) mass is 275 g/mol. The SMILES string of the molecule is CCNC(c1cc(C)cc(F)c1)c1ccc(C)c(F)c1. The van der Waals surface area contributed by atoms with E-state index in [0.717, 1.165) is 23.2 Å². The third-order valence-corrected chi connectivity index (χ3v) is 3.34. The van der Waals surface area contributed by atoms with E-state index in [-0.39, 0.29) is 17.7 Å². The maximum absolute atomic E-state index is 13.8. The van der Waals surface area contributed by atoms with Crippen molar-refractivity contribution in [1.82, 2.24) is 5.32 Å². The van der Waals surface area contributed by atoms with Gasteiger partial charge in [0.2, 0.25) is 0 Å². The lowest BCUT2D eigenvalue weighted by molar-refractivity contribution is 0.589. The Labute approximate surface area is 118 Å². The van der Waals surface area contributed by atoms with Gasteiger partial charge in [0.25, 0.3) is 0 Å². The molecule has 0 aliphatic carbocycles. The summed E-state index contributed by atoms with van der Waals surface area (Å²) in [6.07, 6.45) is 0. The molecule has 0 saturated heterocycles. The number of nitrogens with one attached hydrogen (secondary N) is 1. The van der Waals surface area contributed by atoms with Gasteiger partial charge in [-0.25, -0.2) is 8.78 Å². The summed E-state index contributed by atoms with van der Waals surface area (Å²) in [4.78, 5) is 0. The average molecular weight is 275 g/mol. The fourth-order valence-corrected chi connectivity index (χ4v) is 2.35. The first-order valence-corrected chi connectivity index (χ1v) is 6.77. The Morgan fingerprint density at radius 2 is 1.75 bits per heavy atom. The van der Waals surface area contributed by atoms with E-state index < -0.39 is 0 Å². The van der Waals surface area contributed by atoms with Gasteiger partial charge in [0, 0.05) is 0 Å². The van der Waals surface area contributed by atoms with E-state index in [4.69, 9.17) is 0 Å². The fraction of sp³-hybridized carbons (Fsp3) is 0.294. The summed E-state index contributed by atoms with van der Waals surface area (Å²) in [5, 5.41) is 3.28. The highest BCUT2D eigenvalue weighted by atomic mass is 19.1. The Bertz CT molecular complexity index is 588. The van der Waals surface area contributed by atoms with E-state index >= 15 is 0 Å². The van der Waals surface area contributed by atoms with Crippen molar-refractivity contribution >= 4 is 0 Å². The van der Waals surface area contributed by atoms with Crippen LogP contribution in [0.15, 0.2) is 36.4 Å². The highest BCUT2D eigenvalue weighted by Gasteiger charge is 2.15. The van der Waals surface area contributed by atoms with E-state index in [1.165, 1.54) is 18.2 Å². The van der Waals surface area contributed by atoms with Crippen molar-refractivity contribution in [2.24, 2.45) is 0 Å². The normalized spacial score (nSPS) is 12.4. The van der Waals surface area contributed by atoms with E-state index in [2.05, 4.69) is 5.32 Å². The van der Waals surface area contributed by atoms with Gasteiger partial charge in [0.15, 0.2) is 0 Å². The molecule has 2 aromatic carbocycles. The van der Waals surface area contributed by atoms with Crippen LogP contribution in [0, 0.1) is 25.5 Å². The molecule has 0 radical (unpaired) electrons. The van der Waals surface area contributed by atoms with Crippen LogP contribution in [0.25, 0.3) is 0 Å². The van der Waals surface area contributed by atoms with Crippen LogP contribution in [0.2, 0.25) is 0 Å². The van der Waals surface area contributed by atoms with Crippen LogP contribution in [0.4, 0.5) is 8.78 Å². The van der Waals surface area contributed by atoms with E-state index in [9.17, 15) is 8.78 Å². The lowest BCUT2D eigenvalue weighted by Crippen LogP contribution is -2.22. The molecule has 1 N–H and O–H groups in total. The van der Waals surface area contributed by atoms with Crippen LogP contribution in [0.1, 0.15) is 35.2 Å². The van der Waals surface area contributed by atoms with Crippen LogP contribution in [-0.4, -0.2) is 6.54 Å². The van der Waals surface area contributed by atoms with E-state index in [1.54, 1.807) is 13.0 Å². The molecule has 2 aromatic rings. The van der Waals surface area contributed by atoms with Gasteiger partial charge in [-0.15, -0.1) is 0 Å². The van der Waals surface area contributed by atoms with Crippen LogP contribution in [-0.2, 0) is 0 Å². The molecule has 0 bridgehead atoms. The molecular weight excluding hydrogens is 256 g/mol. The molecule has 1 atom stereocenters. The van der Waals surface area contributed by atoms with Gasteiger partial charge in [-0.3, -0.25) is 0 Å². The minimum Gasteiger partial charge on any atom is -0.307 e. The lowest BCUT2D eigenvalue weighted by atomic mass is 9.96. The first-order chi connectivity index (χ1) is 9.51. The number of halogens is 2. The molecule has 3 heteroatoms. The van der Waals surface area contributed by atoms with Crippen molar-refractivity contribution in [2.75, 3.05) is 6.54 Å². The maximum Gasteiger partial charge on any atom is 0.126 e. The number of benzene rings is 2. The zero-order chi connectivity index (χ0) is 14.7. The fourth-order valence-electron chi connectivity index (χ4n) is 2.35. The molecule has 0 fully saturated rings. The van der Waals surface area contributed by atoms with Crippen molar-refractivity contribution < 1.29 is 8.78 Å². The standard InChI is InChI=1S/C17H19F2N/c1-4-20-17(13-6-5-12(3)16(19)10-13)14-7-11(2)8-15(18)9-14/h5-10,17,20H,4H2,1-3H3. The van der Waals surface area contributed by atoms with Gasteiger partial charge >= 0.3 is 0 Å². The number of hydrogen-bond donors (Lipinski definition) is 1. The molecular formula is C17H19F2N. The quantitative estimate of drug-likeness (QED) is 0.878. The van der Waals surface area contributed by atoms with Crippen LogP contribution in [0.3, 0.4) is 0 Å². The summed E-state index contributed by atoms with van der Waals surface area (Å²) >= 11 is 0. The second-order valence-electron chi connectivity index (χ2n) is 5.06. The molecule has 2 rings (SSSR count). The minimum absolute atomic E-state index is 0.204. The summed E-state index contributed by atoms with van der Waals surface area (Å²) in [5.74, 6) is -0.506. The lowest BCUT2D eigenvalue weighted by Gasteiger charge is -2.20. The summed E-state index contributed by atoms with van der Waals surface area (Å²) in [7, 11) is 0. The van der Waals surface area contributed by atoms with E-state index in [0.29, 0.717) is 5.56 Å². The van der Waals surface area contributed by atoms with Crippen LogP contribution < -0.4 is 5.32 Å². The molecule has 0 saturated carbocycles. The molecule has 0 heterocycles. The largest absolute Gasteiger partial charge is 0.307 e. The predicted octanol–water partition coefficient (Wildman–Crippen LogP) is 4.28. The molecule has 1 nitrogen and oxygen atoms in total. The molecule has 0 aliphatic heterocycles. The Kier molecular flexibility index (Phi) is 4.50. The van der Waals surface area contributed by atoms with Gasteiger partial charge in [0.05, 0.1) is 6.04 Å². The van der Waals surface area contributed by atoms with Gasteiger partial charge in [-0.2, -0.15) is 0 Å². The first-order valence-electron chi connectivity index (χ1n) is 6.77. The Hall–Kier alpha value is -1.74. The number of aryl methyl sites for hydroxylation is 2. The third-order valence-electron chi connectivity index (χ3n) is 3.34. The topological polar surface area (TPSA) is 12.0 Å². The van der Waals surface area contributed by atoms with Crippen molar-refractivity contribution in [2.45, 2.75) is 26.8 Å². The van der Waals surface area contributed by atoms with Crippen molar-refractivity contribution in [1.29, 1.82) is 0 Å². The van der Waals surface area contributed by atoms with Crippen molar-refractivity contribution in [3.63, 3.8) is 0 Å². The molecule has 20 heavy (non-hydrogen) atoms. The van der Waals surface area contributed by atoms with E-state index in [1.807, 2.05) is 26.0 Å². The van der Waals surface area contributed by atoms with Crippen LogP contribution >= 0.6 is 0 Å². The predicted molar refractivity (Wildman–Crippen MR) is 77.8 cm³/mol. The first kappa shape index (κ1) is 14.7. The summed E-state index contributed by atoms with van der Waals surface area (Å²) in [5.41, 5.74) is 3.09. The highest BCUT2D eigenvalue weighted by molar-refractivity contribution is 5.36. The Morgan fingerprint density at radius 3 is 2.35 bits per heavy atom. The highest BCUT2D eigenvalue weighted by Crippen LogP contribution is 2.25. The molecule has 0 spiro atoms. The second kappa shape index (κ2) is 6.14. The van der Waals surface area contributed by atoms with Crippen molar-refractivity contribution in [3.8, 4) is 0 Å². The molecule has 0 aliphatic rings. The zero-order valence-corrected chi connectivity index (χ0v) is 12.0. The van der Waals surface area contributed by atoms with Gasteiger partial charge in [-0.05, 0) is 60.8 Å². The van der Waals surface area contributed by atoms with Crippen LogP contribution in [0.5, 0.6) is 0 Å². The number of rotatable bonds is 4. The smallest absolute Gasteiger partial charge is 0.126 e. The van der Waals surface area contributed by atoms with Crippen molar-refractivity contribution in [3.05, 3.63) is 70.3 Å². The molecule has 0 aromatic heterocycles. The summed E-state index contributed by atoms with van der Waals surface area (Å²) < 4.78 is 27.3. The Morgan fingerprint density at radius 1 is 1.00 bits per heavy atom. The summed E-state index contributed by atoms with van der Waals surface area (Å²) in [6.45, 7) is 6.28. The molecule has 106 valence electrons. The van der Waals surface area contributed by atoms with Gasteiger partial charge in [0.1, 0.15) is 11.6 Å². The van der Waals surface area contributed by atoms with Gasteiger partial charge < -0.3 is 5.32 Å². The second-order valence-corrected chi connectivity index (χ2v) is 5.06. The molecule has 1 unspecified atom stereocenters. The minimum atomic E-state index is -0.268. The van der Waals surface area contributed by atoms with Gasteiger partial charge in [-0.1, -0.05) is 25.1 Å². The average Bonchev–Trinajstić information content (AvgIpc) is 2.38. The molecule has 0 amide bonds. The maximum atomic E-state index is 13.8. The third kappa shape index (κ3) is 3.23. The Balaban J connectivity index is 2.46. The number of hydrogen-bond acceptors (Lipinski definition) is 1.